The van der Waals surface area contributed by atoms with Crippen LogP contribution in [0.15, 0.2) is 24.5 Å². The summed E-state index contributed by atoms with van der Waals surface area (Å²) < 4.78 is 3.51. The van der Waals surface area contributed by atoms with E-state index in [4.69, 9.17) is 0 Å². The minimum Gasteiger partial charge on any atom is -0.317 e. The summed E-state index contributed by atoms with van der Waals surface area (Å²) in [6, 6.07) is 0. The summed E-state index contributed by atoms with van der Waals surface area (Å²) in [6.07, 6.45) is 8.60. The van der Waals surface area contributed by atoms with E-state index in [0.717, 1.165) is 33.6 Å². The zero-order valence-corrected chi connectivity index (χ0v) is 19.7. The summed E-state index contributed by atoms with van der Waals surface area (Å²) in [6.45, 7) is 10.8. The van der Waals surface area contributed by atoms with Crippen LogP contribution >= 0.6 is 0 Å². The molecule has 0 N–H and O–H groups in total. The summed E-state index contributed by atoms with van der Waals surface area (Å²) in [5.41, 5.74) is 6.41. The molecule has 2 aromatic heterocycles. The zero-order valence-electron chi connectivity index (χ0n) is 19.7. The highest BCUT2D eigenvalue weighted by atomic mass is 16.1. The number of carbonyl (C=O) groups excluding carboxylic acids is 4. The van der Waals surface area contributed by atoms with E-state index in [1.807, 2.05) is 40.1 Å². The van der Waals surface area contributed by atoms with Crippen molar-refractivity contribution in [1.82, 2.24) is 9.13 Å². The van der Waals surface area contributed by atoms with Gasteiger partial charge < -0.3 is 18.7 Å². The second-order valence-corrected chi connectivity index (χ2v) is 8.68. The number of nitrogens with zero attached hydrogens (tertiary/aromatic N) is 2. The van der Waals surface area contributed by atoms with Gasteiger partial charge in [-0.3, -0.25) is 9.59 Å². The van der Waals surface area contributed by atoms with Crippen LogP contribution < -0.4 is 0 Å². The van der Waals surface area contributed by atoms with Crippen molar-refractivity contribution in [2.24, 2.45) is 0 Å². The first-order valence-corrected chi connectivity index (χ1v) is 10.9. The molecule has 0 atom stereocenters. The van der Waals surface area contributed by atoms with Gasteiger partial charge in [-0.05, 0) is 76.6 Å². The summed E-state index contributed by atoms with van der Waals surface area (Å²) >= 11 is 0. The van der Waals surface area contributed by atoms with Crippen LogP contribution in [0.4, 0.5) is 0 Å². The molecule has 0 radical (unpaired) electrons. The van der Waals surface area contributed by atoms with E-state index < -0.39 is 0 Å². The molecule has 3 rings (SSSR count). The van der Waals surface area contributed by atoms with Gasteiger partial charge in [0, 0.05) is 48.8 Å². The molecule has 2 aromatic rings. The first kappa shape index (κ1) is 23.4. The average Bonchev–Trinajstić information content (AvgIpc) is 3.14. The molecular formula is C26H30N2O4. The maximum Gasteiger partial charge on any atom is 0.204 e. The van der Waals surface area contributed by atoms with E-state index in [1.165, 1.54) is 12.2 Å². The third-order valence-electron chi connectivity index (χ3n) is 6.21. The Hall–Kier alpha value is -3.28. The SMILES string of the molecule is CC(=O)CCc1c(C)cn(C2=CC(=O)C(n3cc(C)c(CCC(C)=O)c3C)=CC2=O)c1C. The molecule has 0 amide bonds. The van der Waals surface area contributed by atoms with Crippen molar-refractivity contribution in [3.05, 3.63) is 58.2 Å². The second kappa shape index (κ2) is 9.07. The van der Waals surface area contributed by atoms with Crippen LogP contribution in [0, 0.1) is 27.7 Å². The average molecular weight is 435 g/mol. The molecule has 0 spiro atoms. The molecule has 32 heavy (non-hydrogen) atoms. The predicted octanol–water partition coefficient (Wildman–Crippen LogP) is 4.10. The Morgan fingerprint density at radius 2 is 1.03 bits per heavy atom. The third kappa shape index (κ3) is 4.49. The lowest BCUT2D eigenvalue weighted by atomic mass is 10.0. The Bertz CT molecular complexity index is 1110. The minimum atomic E-state index is -0.244. The normalized spacial score (nSPS) is 13.9. The van der Waals surface area contributed by atoms with E-state index in [0.29, 0.717) is 37.1 Å². The van der Waals surface area contributed by atoms with Crippen molar-refractivity contribution in [1.29, 1.82) is 0 Å². The van der Waals surface area contributed by atoms with Crippen LogP contribution in [-0.4, -0.2) is 32.3 Å². The predicted molar refractivity (Wildman–Crippen MR) is 124 cm³/mol. The van der Waals surface area contributed by atoms with Gasteiger partial charge in [0.1, 0.15) is 11.6 Å². The highest BCUT2D eigenvalue weighted by molar-refractivity contribution is 6.39. The van der Waals surface area contributed by atoms with Crippen molar-refractivity contribution in [2.45, 2.75) is 67.2 Å². The van der Waals surface area contributed by atoms with E-state index in [1.54, 1.807) is 23.0 Å². The van der Waals surface area contributed by atoms with E-state index in [9.17, 15) is 19.2 Å². The first-order chi connectivity index (χ1) is 15.0. The molecule has 6 heteroatoms. The van der Waals surface area contributed by atoms with Crippen molar-refractivity contribution >= 4 is 34.5 Å². The third-order valence-corrected chi connectivity index (χ3v) is 6.21. The maximum absolute atomic E-state index is 13.1. The molecule has 2 heterocycles. The fourth-order valence-electron chi connectivity index (χ4n) is 4.37. The molecule has 0 fully saturated rings. The van der Waals surface area contributed by atoms with Gasteiger partial charge in [-0.25, -0.2) is 0 Å². The van der Waals surface area contributed by atoms with Gasteiger partial charge >= 0.3 is 0 Å². The number of aromatic nitrogens is 2. The molecular weight excluding hydrogens is 404 g/mol. The first-order valence-electron chi connectivity index (χ1n) is 10.9. The fraction of sp³-hybridized carbons (Fsp3) is 0.385. The van der Waals surface area contributed by atoms with Crippen LogP contribution in [0.2, 0.25) is 0 Å². The zero-order chi connectivity index (χ0) is 23.7. The number of carbonyl (C=O) groups is 4. The molecule has 0 saturated carbocycles. The highest BCUT2D eigenvalue weighted by Crippen LogP contribution is 2.28. The topological polar surface area (TPSA) is 78.1 Å². The minimum absolute atomic E-state index is 0.118. The van der Waals surface area contributed by atoms with Crippen molar-refractivity contribution in [2.75, 3.05) is 0 Å². The number of allylic oxidation sites excluding steroid dienone is 4. The Morgan fingerprint density at radius 1 is 0.688 bits per heavy atom. The summed E-state index contributed by atoms with van der Waals surface area (Å²) in [5, 5.41) is 0. The Kier molecular flexibility index (Phi) is 6.63. The summed E-state index contributed by atoms with van der Waals surface area (Å²) in [5.74, 6) is -0.252. The Balaban J connectivity index is 1.93. The molecule has 0 aliphatic heterocycles. The number of aryl methyl sites for hydroxylation is 2. The molecule has 6 nitrogen and oxygen atoms in total. The molecule has 0 unspecified atom stereocenters. The fourth-order valence-corrected chi connectivity index (χ4v) is 4.37. The second-order valence-electron chi connectivity index (χ2n) is 8.68. The van der Waals surface area contributed by atoms with Gasteiger partial charge in [0.25, 0.3) is 0 Å². The molecule has 1 aliphatic rings. The number of hydrogen-bond acceptors (Lipinski definition) is 4. The summed E-state index contributed by atoms with van der Waals surface area (Å²) in [4.78, 5) is 48.9. The van der Waals surface area contributed by atoms with Gasteiger partial charge in [-0.1, -0.05) is 0 Å². The molecule has 0 bridgehead atoms. The number of Topliss-reactive ketones (excluding diaryl/α,β-unsaturated/α-hetero) is 2. The number of ketones is 4. The van der Waals surface area contributed by atoms with E-state index in [-0.39, 0.29) is 23.1 Å². The smallest absolute Gasteiger partial charge is 0.204 e. The molecule has 1 aliphatic carbocycles. The summed E-state index contributed by atoms with van der Waals surface area (Å²) in [7, 11) is 0. The monoisotopic (exact) mass is 434 g/mol. The Morgan fingerprint density at radius 3 is 1.34 bits per heavy atom. The molecule has 0 aromatic carbocycles. The highest BCUT2D eigenvalue weighted by Gasteiger charge is 2.26. The van der Waals surface area contributed by atoms with Gasteiger partial charge in [0.2, 0.25) is 11.6 Å². The lowest BCUT2D eigenvalue weighted by Gasteiger charge is -2.17. The number of hydrogen-bond donors (Lipinski definition) is 0. The van der Waals surface area contributed by atoms with Gasteiger partial charge in [-0.2, -0.15) is 0 Å². The van der Waals surface area contributed by atoms with Crippen LogP contribution in [0.3, 0.4) is 0 Å². The van der Waals surface area contributed by atoms with Crippen LogP contribution in [-0.2, 0) is 32.0 Å². The standard InChI is InChI=1S/C26H30N2O4/c1-15-13-27(19(5)21(15)9-7-17(3)29)23-11-26(32)24(12-25(23)31)28-14-16(2)22(20(28)6)10-8-18(4)30/h11-14H,7-10H2,1-6H3. The van der Waals surface area contributed by atoms with E-state index in [2.05, 4.69) is 0 Å². The van der Waals surface area contributed by atoms with Gasteiger partial charge in [0.05, 0.1) is 11.4 Å². The Labute approximate surface area is 188 Å². The van der Waals surface area contributed by atoms with Crippen molar-refractivity contribution < 1.29 is 19.2 Å². The lowest BCUT2D eigenvalue weighted by Crippen LogP contribution is -2.19. The molecule has 168 valence electrons. The van der Waals surface area contributed by atoms with Crippen LogP contribution in [0.5, 0.6) is 0 Å². The van der Waals surface area contributed by atoms with E-state index >= 15 is 0 Å². The lowest BCUT2D eigenvalue weighted by molar-refractivity contribution is -0.117. The van der Waals surface area contributed by atoms with Crippen LogP contribution in [0.25, 0.3) is 11.4 Å². The van der Waals surface area contributed by atoms with Crippen molar-refractivity contribution in [3.8, 4) is 0 Å². The largest absolute Gasteiger partial charge is 0.317 e. The molecule has 0 saturated heterocycles. The van der Waals surface area contributed by atoms with Crippen LogP contribution in [0.1, 0.15) is 60.3 Å². The van der Waals surface area contributed by atoms with Gasteiger partial charge in [0.15, 0.2) is 0 Å². The quantitative estimate of drug-likeness (QED) is 0.586. The van der Waals surface area contributed by atoms with Gasteiger partial charge in [-0.15, -0.1) is 0 Å². The number of rotatable bonds is 8. The maximum atomic E-state index is 13.1. The van der Waals surface area contributed by atoms with Crippen molar-refractivity contribution in [3.63, 3.8) is 0 Å².